The van der Waals surface area contributed by atoms with Crippen molar-refractivity contribution in [1.29, 1.82) is 0 Å². The molecule has 0 heterocycles. The zero-order chi connectivity index (χ0) is 19.3. The molecule has 0 nitrogen and oxygen atoms in total. The van der Waals surface area contributed by atoms with Crippen LogP contribution >= 0.6 is 0 Å². The van der Waals surface area contributed by atoms with Crippen molar-refractivity contribution in [3.8, 4) is 0 Å². The Morgan fingerprint density at radius 3 is 1.38 bits per heavy atom. The van der Waals surface area contributed by atoms with Gasteiger partial charge in [0.1, 0.15) is 0 Å². The van der Waals surface area contributed by atoms with E-state index in [9.17, 15) is 0 Å². The molecule has 0 heteroatoms. The Morgan fingerprint density at radius 1 is 0.462 bits per heavy atom. The van der Waals surface area contributed by atoms with Gasteiger partial charge in [0.15, 0.2) is 0 Å². The molecule has 0 aliphatic heterocycles. The Bertz CT molecular complexity index is 286. The van der Waals surface area contributed by atoms with Crippen LogP contribution in [0.4, 0.5) is 0 Å². The highest BCUT2D eigenvalue weighted by atomic mass is 14.2. The molecule has 0 bridgehead atoms. The minimum atomic E-state index is 0.573. The average Bonchev–Trinajstić information content (AvgIpc) is 2.62. The van der Waals surface area contributed by atoms with E-state index in [-0.39, 0.29) is 0 Å². The first-order valence-corrected chi connectivity index (χ1v) is 12.3. The van der Waals surface area contributed by atoms with Crippen molar-refractivity contribution in [3.63, 3.8) is 0 Å². The van der Waals surface area contributed by atoms with Gasteiger partial charge < -0.3 is 0 Å². The van der Waals surface area contributed by atoms with E-state index in [1.807, 2.05) is 0 Å². The van der Waals surface area contributed by atoms with E-state index >= 15 is 0 Å². The van der Waals surface area contributed by atoms with Crippen LogP contribution in [-0.4, -0.2) is 0 Å². The van der Waals surface area contributed by atoms with Gasteiger partial charge in [-0.05, 0) is 37.5 Å². The second kappa shape index (κ2) is 19.5. The number of rotatable bonds is 20. The van der Waals surface area contributed by atoms with Crippen molar-refractivity contribution in [3.05, 3.63) is 12.2 Å². The molecule has 0 aromatic heterocycles. The normalized spacial score (nSPS) is 12.3. The lowest BCUT2D eigenvalue weighted by Crippen LogP contribution is -2.11. The predicted molar refractivity (Wildman–Crippen MR) is 122 cm³/mol. The maximum Gasteiger partial charge on any atom is -0.0351 e. The standard InChI is InChI=1S/C26H52/c1-5-7-9-11-13-15-17-19-21-23-25-26(3,4)24-22-20-18-16-14-12-10-8-6-2/h9,11H,5-8,10,12-25H2,1-4H3. The van der Waals surface area contributed by atoms with E-state index in [2.05, 4.69) is 39.8 Å². The highest BCUT2D eigenvalue weighted by Crippen LogP contribution is 2.30. The summed E-state index contributed by atoms with van der Waals surface area (Å²) in [4.78, 5) is 0. The van der Waals surface area contributed by atoms with Crippen LogP contribution in [0.1, 0.15) is 150 Å². The number of hydrogen-bond donors (Lipinski definition) is 0. The van der Waals surface area contributed by atoms with E-state index in [1.165, 1.54) is 122 Å². The number of allylic oxidation sites excluding steroid dienone is 2. The third-order valence-electron chi connectivity index (χ3n) is 5.80. The molecule has 0 aromatic carbocycles. The van der Waals surface area contributed by atoms with Gasteiger partial charge in [-0.2, -0.15) is 0 Å². The van der Waals surface area contributed by atoms with Crippen LogP contribution in [0.15, 0.2) is 12.2 Å². The van der Waals surface area contributed by atoms with Crippen molar-refractivity contribution in [2.45, 2.75) is 150 Å². The Balaban J connectivity index is 3.36. The molecule has 0 radical (unpaired) electrons. The predicted octanol–water partition coefficient (Wildman–Crippen LogP) is 10.0. The van der Waals surface area contributed by atoms with Gasteiger partial charge in [-0.1, -0.05) is 130 Å². The second-order valence-electron chi connectivity index (χ2n) is 9.31. The van der Waals surface area contributed by atoms with Crippen molar-refractivity contribution in [2.24, 2.45) is 5.41 Å². The summed E-state index contributed by atoms with van der Waals surface area (Å²) in [6.07, 6.45) is 31.6. The third-order valence-corrected chi connectivity index (χ3v) is 5.80. The summed E-state index contributed by atoms with van der Waals surface area (Å²) < 4.78 is 0. The minimum absolute atomic E-state index is 0.573. The van der Waals surface area contributed by atoms with Gasteiger partial charge in [-0.3, -0.25) is 0 Å². The molecule has 156 valence electrons. The maximum absolute atomic E-state index is 2.50. The van der Waals surface area contributed by atoms with E-state index in [0.717, 1.165) is 0 Å². The van der Waals surface area contributed by atoms with Crippen molar-refractivity contribution < 1.29 is 0 Å². The summed E-state index contributed by atoms with van der Waals surface area (Å²) in [6, 6.07) is 0. The van der Waals surface area contributed by atoms with Crippen LogP contribution in [0.25, 0.3) is 0 Å². The molecule has 0 aliphatic carbocycles. The van der Waals surface area contributed by atoms with Gasteiger partial charge in [-0.15, -0.1) is 0 Å². The van der Waals surface area contributed by atoms with Crippen molar-refractivity contribution >= 4 is 0 Å². The molecular weight excluding hydrogens is 312 g/mol. The monoisotopic (exact) mass is 364 g/mol. The fraction of sp³-hybridized carbons (Fsp3) is 0.923. The maximum atomic E-state index is 2.50. The van der Waals surface area contributed by atoms with Gasteiger partial charge >= 0.3 is 0 Å². The summed E-state index contributed by atoms with van der Waals surface area (Å²) in [5.41, 5.74) is 0.573. The van der Waals surface area contributed by atoms with E-state index in [4.69, 9.17) is 0 Å². The highest BCUT2D eigenvalue weighted by Gasteiger charge is 2.16. The van der Waals surface area contributed by atoms with Gasteiger partial charge in [0.25, 0.3) is 0 Å². The van der Waals surface area contributed by atoms with Crippen LogP contribution in [0.2, 0.25) is 0 Å². The van der Waals surface area contributed by atoms with Gasteiger partial charge in [0, 0.05) is 0 Å². The molecule has 0 unspecified atom stereocenters. The molecule has 0 saturated heterocycles. The van der Waals surface area contributed by atoms with E-state index < -0.39 is 0 Å². The van der Waals surface area contributed by atoms with Crippen LogP contribution in [0.5, 0.6) is 0 Å². The zero-order valence-electron chi connectivity index (χ0n) is 19.1. The SMILES string of the molecule is CCCC=CCCCCCCCC(C)(C)CCCCCCCCCCC. The van der Waals surface area contributed by atoms with E-state index in [0.29, 0.717) is 5.41 Å². The molecule has 0 spiro atoms. The Labute approximate surface area is 167 Å². The lowest BCUT2D eigenvalue weighted by atomic mass is 9.82. The summed E-state index contributed by atoms with van der Waals surface area (Å²) in [7, 11) is 0. The van der Waals surface area contributed by atoms with Gasteiger partial charge in [0.2, 0.25) is 0 Å². The fourth-order valence-corrected chi connectivity index (χ4v) is 3.84. The van der Waals surface area contributed by atoms with Gasteiger partial charge in [-0.25, -0.2) is 0 Å². The molecule has 0 amide bonds. The molecule has 26 heavy (non-hydrogen) atoms. The highest BCUT2D eigenvalue weighted by molar-refractivity contribution is 4.80. The first-order valence-electron chi connectivity index (χ1n) is 12.3. The first kappa shape index (κ1) is 25.7. The number of hydrogen-bond acceptors (Lipinski definition) is 0. The topological polar surface area (TPSA) is 0 Å². The summed E-state index contributed by atoms with van der Waals surface area (Å²) in [6.45, 7) is 9.54. The van der Waals surface area contributed by atoms with Crippen LogP contribution in [0, 0.1) is 5.41 Å². The smallest absolute Gasteiger partial charge is 0.0351 e. The molecule has 0 fully saturated rings. The quantitative estimate of drug-likeness (QED) is 0.149. The van der Waals surface area contributed by atoms with Gasteiger partial charge in [0.05, 0.1) is 0 Å². The second-order valence-corrected chi connectivity index (χ2v) is 9.31. The molecule has 0 N–H and O–H groups in total. The Kier molecular flexibility index (Phi) is 19.3. The molecule has 0 atom stereocenters. The van der Waals surface area contributed by atoms with Crippen LogP contribution in [0.3, 0.4) is 0 Å². The van der Waals surface area contributed by atoms with Crippen LogP contribution in [-0.2, 0) is 0 Å². The average molecular weight is 365 g/mol. The largest absolute Gasteiger partial charge is 0.0885 e. The Hall–Kier alpha value is -0.260. The van der Waals surface area contributed by atoms with Crippen molar-refractivity contribution in [2.75, 3.05) is 0 Å². The molecule has 0 aromatic rings. The fourth-order valence-electron chi connectivity index (χ4n) is 3.84. The molecule has 0 saturated carbocycles. The van der Waals surface area contributed by atoms with E-state index in [1.54, 1.807) is 0 Å². The lowest BCUT2D eigenvalue weighted by Gasteiger charge is -2.24. The summed E-state index contributed by atoms with van der Waals surface area (Å²) >= 11 is 0. The summed E-state index contributed by atoms with van der Waals surface area (Å²) in [5.74, 6) is 0. The minimum Gasteiger partial charge on any atom is -0.0885 e. The number of unbranched alkanes of at least 4 members (excludes halogenated alkanes) is 14. The summed E-state index contributed by atoms with van der Waals surface area (Å²) in [5, 5.41) is 0. The van der Waals surface area contributed by atoms with Crippen LogP contribution < -0.4 is 0 Å². The first-order chi connectivity index (χ1) is 12.6. The Morgan fingerprint density at radius 2 is 0.885 bits per heavy atom. The molecule has 0 rings (SSSR count). The molecule has 0 aliphatic rings. The zero-order valence-corrected chi connectivity index (χ0v) is 19.1. The third kappa shape index (κ3) is 20.1. The molecular formula is C26H52. The lowest BCUT2D eigenvalue weighted by molar-refractivity contribution is 0.282. The van der Waals surface area contributed by atoms with Crippen molar-refractivity contribution in [1.82, 2.24) is 0 Å².